The van der Waals surface area contributed by atoms with Crippen LogP contribution < -0.4 is 5.73 Å². The number of aliphatic hydroxyl groups excluding tert-OH is 1. The van der Waals surface area contributed by atoms with Gasteiger partial charge in [-0.3, -0.25) is 4.79 Å². The van der Waals surface area contributed by atoms with E-state index >= 15 is 0 Å². The van der Waals surface area contributed by atoms with Crippen LogP contribution in [0.15, 0.2) is 36.7 Å². The number of rotatable bonds is 2. The van der Waals surface area contributed by atoms with E-state index in [-0.39, 0.29) is 24.5 Å². The van der Waals surface area contributed by atoms with Gasteiger partial charge in [0.25, 0.3) is 5.91 Å². The number of anilines is 1. The van der Waals surface area contributed by atoms with Crippen LogP contribution in [0.25, 0.3) is 0 Å². The molecule has 0 spiro atoms. The van der Waals surface area contributed by atoms with Crippen LogP contribution in [0.3, 0.4) is 0 Å². The summed E-state index contributed by atoms with van der Waals surface area (Å²) >= 11 is 0. The number of hydrogen-bond donors (Lipinski definition) is 2. The lowest BCUT2D eigenvalue weighted by atomic mass is 10.0. The van der Waals surface area contributed by atoms with Crippen molar-refractivity contribution in [1.82, 2.24) is 14.9 Å². The van der Waals surface area contributed by atoms with Crippen LogP contribution in [-0.4, -0.2) is 38.5 Å². The van der Waals surface area contributed by atoms with Gasteiger partial charge in [0.15, 0.2) is 11.5 Å². The van der Waals surface area contributed by atoms with Crippen LogP contribution in [-0.2, 0) is 6.18 Å². The van der Waals surface area contributed by atoms with Gasteiger partial charge >= 0.3 is 6.18 Å². The maximum Gasteiger partial charge on any atom is 0.416 e. The van der Waals surface area contributed by atoms with Crippen molar-refractivity contribution in [3.8, 4) is 0 Å². The molecule has 0 saturated carbocycles. The lowest BCUT2D eigenvalue weighted by Crippen LogP contribution is -2.33. The van der Waals surface area contributed by atoms with Crippen molar-refractivity contribution in [2.75, 3.05) is 12.3 Å². The second-order valence-corrected chi connectivity index (χ2v) is 5.78. The third-order valence-corrected chi connectivity index (χ3v) is 4.07. The van der Waals surface area contributed by atoms with Crippen LogP contribution in [0.2, 0.25) is 0 Å². The molecule has 2 heterocycles. The molecule has 3 rings (SSSR count). The summed E-state index contributed by atoms with van der Waals surface area (Å²) in [6.45, 7) is -0.0181. The van der Waals surface area contributed by atoms with Crippen LogP contribution in [0, 0.1) is 0 Å². The molecule has 25 heavy (non-hydrogen) atoms. The third kappa shape index (κ3) is 3.41. The number of hydrogen-bond acceptors (Lipinski definition) is 5. The number of nitrogen functional groups attached to an aromatic ring is 1. The predicted molar refractivity (Wildman–Crippen MR) is 82.3 cm³/mol. The lowest BCUT2D eigenvalue weighted by Gasteiger charge is -2.25. The highest BCUT2D eigenvalue weighted by atomic mass is 19.4. The van der Waals surface area contributed by atoms with E-state index < -0.39 is 29.8 Å². The fourth-order valence-electron chi connectivity index (χ4n) is 2.93. The van der Waals surface area contributed by atoms with Crippen molar-refractivity contribution >= 4 is 11.7 Å². The van der Waals surface area contributed by atoms with Crippen molar-refractivity contribution in [3.05, 3.63) is 53.5 Å². The van der Waals surface area contributed by atoms with Crippen LogP contribution in [0.5, 0.6) is 0 Å². The van der Waals surface area contributed by atoms with E-state index in [0.29, 0.717) is 5.56 Å². The Kier molecular flexibility index (Phi) is 4.34. The lowest BCUT2D eigenvalue weighted by molar-refractivity contribution is -0.137. The van der Waals surface area contributed by atoms with Crippen molar-refractivity contribution in [1.29, 1.82) is 0 Å². The molecule has 1 saturated heterocycles. The van der Waals surface area contributed by atoms with Crippen molar-refractivity contribution in [2.45, 2.75) is 24.7 Å². The molecule has 2 aromatic rings. The van der Waals surface area contributed by atoms with E-state index in [1.807, 2.05) is 0 Å². The Morgan fingerprint density at radius 3 is 2.68 bits per heavy atom. The van der Waals surface area contributed by atoms with Gasteiger partial charge < -0.3 is 15.7 Å². The van der Waals surface area contributed by atoms with E-state index in [0.717, 1.165) is 12.1 Å². The number of nitrogens with two attached hydrogens (primary N) is 1. The first-order valence-corrected chi connectivity index (χ1v) is 7.50. The Labute approximate surface area is 141 Å². The largest absolute Gasteiger partial charge is 0.416 e. The summed E-state index contributed by atoms with van der Waals surface area (Å²) in [5, 5.41) is 9.94. The normalized spacial score (nSPS) is 20.7. The maximum absolute atomic E-state index is 12.9. The highest BCUT2D eigenvalue weighted by Gasteiger charge is 2.38. The summed E-state index contributed by atoms with van der Waals surface area (Å²) in [7, 11) is 0. The van der Waals surface area contributed by atoms with Gasteiger partial charge in [0.1, 0.15) is 0 Å². The number of carbonyl (C=O) groups is 1. The van der Waals surface area contributed by atoms with Gasteiger partial charge in [0, 0.05) is 18.9 Å². The van der Waals surface area contributed by atoms with Gasteiger partial charge in [0.2, 0.25) is 0 Å². The first-order chi connectivity index (χ1) is 11.8. The molecule has 2 atom stereocenters. The molecular weight excluding hydrogens is 337 g/mol. The Hall–Kier alpha value is -2.68. The summed E-state index contributed by atoms with van der Waals surface area (Å²) in [4.78, 5) is 21.7. The molecule has 1 fully saturated rings. The van der Waals surface area contributed by atoms with Gasteiger partial charge in [-0.05, 0) is 24.1 Å². The van der Waals surface area contributed by atoms with Crippen LogP contribution in [0.1, 0.15) is 34.1 Å². The molecule has 1 aromatic carbocycles. The molecule has 132 valence electrons. The molecule has 1 aliphatic rings. The zero-order valence-corrected chi connectivity index (χ0v) is 12.9. The fraction of sp³-hybridized carbons (Fsp3) is 0.312. The fourth-order valence-corrected chi connectivity index (χ4v) is 2.93. The average Bonchev–Trinajstić information content (AvgIpc) is 2.96. The second kappa shape index (κ2) is 6.32. The van der Waals surface area contributed by atoms with Crippen LogP contribution >= 0.6 is 0 Å². The molecule has 1 aliphatic heterocycles. The van der Waals surface area contributed by atoms with E-state index in [2.05, 4.69) is 9.97 Å². The smallest absolute Gasteiger partial charge is 0.391 e. The Bertz CT molecular complexity index is 797. The molecule has 0 radical (unpaired) electrons. The van der Waals surface area contributed by atoms with Gasteiger partial charge in [-0.2, -0.15) is 13.2 Å². The van der Waals surface area contributed by atoms with Crippen molar-refractivity contribution < 1.29 is 23.1 Å². The number of carbonyl (C=O) groups excluding carboxylic acids is 1. The summed E-state index contributed by atoms with van der Waals surface area (Å²) in [6, 6.07) is 4.02. The molecule has 1 amide bonds. The number of likely N-dealkylation sites (tertiary alicyclic amines) is 1. The molecule has 1 aromatic heterocycles. The van der Waals surface area contributed by atoms with Gasteiger partial charge in [0.05, 0.1) is 17.7 Å². The van der Waals surface area contributed by atoms with Crippen molar-refractivity contribution in [3.63, 3.8) is 0 Å². The number of amides is 1. The average molecular weight is 352 g/mol. The predicted octanol–water partition coefficient (Wildman–Crippen LogP) is 2.03. The second-order valence-electron chi connectivity index (χ2n) is 5.78. The summed E-state index contributed by atoms with van der Waals surface area (Å²) in [5.41, 5.74) is 5.05. The molecule has 0 bridgehead atoms. The van der Waals surface area contributed by atoms with Gasteiger partial charge in [-0.1, -0.05) is 12.1 Å². The molecule has 3 N–H and O–H groups in total. The van der Waals surface area contributed by atoms with E-state index in [9.17, 15) is 23.1 Å². The minimum absolute atomic E-state index is 0.0181. The summed E-state index contributed by atoms with van der Waals surface area (Å²) in [5.74, 6) is -0.652. The maximum atomic E-state index is 12.9. The monoisotopic (exact) mass is 352 g/mol. The quantitative estimate of drug-likeness (QED) is 0.863. The highest BCUT2D eigenvalue weighted by Crippen LogP contribution is 2.36. The standard InChI is InChI=1S/C16H15F3N4O2/c17-16(18,19)10-3-1-2-9(6-10)12-7-11(24)8-23(12)15(25)13-14(20)22-5-4-21-13/h1-6,11-12,24H,7-8H2,(H2,20,22)/t11-,12+/m0/s1. The van der Waals surface area contributed by atoms with Gasteiger partial charge in [-0.15, -0.1) is 0 Å². The first-order valence-electron chi connectivity index (χ1n) is 7.50. The summed E-state index contributed by atoms with van der Waals surface area (Å²) in [6.07, 6.45) is -2.57. The number of aromatic nitrogens is 2. The number of benzene rings is 1. The zero-order chi connectivity index (χ0) is 18.2. The zero-order valence-electron chi connectivity index (χ0n) is 12.9. The van der Waals surface area contributed by atoms with E-state index in [1.165, 1.54) is 29.4 Å². The minimum Gasteiger partial charge on any atom is -0.391 e. The Balaban J connectivity index is 1.95. The van der Waals surface area contributed by atoms with E-state index in [1.54, 1.807) is 0 Å². The highest BCUT2D eigenvalue weighted by molar-refractivity contribution is 5.96. The number of halogens is 3. The SMILES string of the molecule is Nc1nccnc1C(=O)N1C[C@@H](O)C[C@@H]1c1cccc(C(F)(F)F)c1. The Morgan fingerprint density at radius 2 is 2.00 bits per heavy atom. The third-order valence-electron chi connectivity index (χ3n) is 4.07. The molecule has 9 heteroatoms. The Morgan fingerprint density at radius 1 is 1.28 bits per heavy atom. The number of nitrogens with zero attached hydrogens (tertiary/aromatic N) is 3. The summed E-state index contributed by atoms with van der Waals surface area (Å²) < 4.78 is 38.8. The topological polar surface area (TPSA) is 92.3 Å². The van der Waals surface area contributed by atoms with Crippen LogP contribution in [0.4, 0.5) is 19.0 Å². The van der Waals surface area contributed by atoms with E-state index in [4.69, 9.17) is 5.73 Å². The first kappa shape index (κ1) is 17.2. The molecule has 0 aliphatic carbocycles. The molecule has 0 unspecified atom stereocenters. The molecular formula is C16H15F3N4O2. The number of alkyl halides is 3. The number of β-amino-alcohol motifs (C(OH)–C–C–N with tert-alkyl or cyclic N) is 1. The van der Waals surface area contributed by atoms with Gasteiger partial charge in [-0.25, -0.2) is 9.97 Å². The molecule has 6 nitrogen and oxygen atoms in total. The number of aliphatic hydroxyl groups is 1. The van der Waals surface area contributed by atoms with Crippen molar-refractivity contribution in [2.24, 2.45) is 0 Å². The minimum atomic E-state index is -4.49.